The van der Waals surface area contributed by atoms with Gasteiger partial charge in [0.2, 0.25) is 6.79 Å². The number of nitrogens with two attached hydrogens (primary N) is 1. The third-order valence-corrected chi connectivity index (χ3v) is 2.68. The molecule has 0 spiro atoms. The van der Waals surface area contributed by atoms with Crippen LogP contribution < -0.4 is 19.9 Å². The predicted octanol–water partition coefficient (Wildman–Crippen LogP) is 2.26. The number of benzene rings is 1. The molecule has 0 aliphatic carbocycles. The van der Waals surface area contributed by atoms with E-state index in [1.165, 1.54) is 0 Å². The van der Waals surface area contributed by atoms with E-state index >= 15 is 0 Å². The second-order valence-electron chi connectivity index (χ2n) is 4.42. The summed E-state index contributed by atoms with van der Waals surface area (Å²) in [7, 11) is 0. The van der Waals surface area contributed by atoms with E-state index < -0.39 is 0 Å². The van der Waals surface area contributed by atoms with Crippen molar-refractivity contribution < 1.29 is 14.2 Å². The standard InChI is InChI=1S/C14H19NO3/c1-3-4-5-16-12-8-14-13(17-9-18-14)7-11(12)6-10(2)15/h3,7-8,10H,1,4-6,9,15H2,2H3. The van der Waals surface area contributed by atoms with Crippen LogP contribution >= 0.6 is 0 Å². The van der Waals surface area contributed by atoms with Gasteiger partial charge in [0.25, 0.3) is 0 Å². The van der Waals surface area contributed by atoms with Gasteiger partial charge in [-0.1, -0.05) is 6.08 Å². The van der Waals surface area contributed by atoms with Gasteiger partial charge in [0.1, 0.15) is 5.75 Å². The molecule has 0 amide bonds. The van der Waals surface area contributed by atoms with Crippen LogP contribution in [0.25, 0.3) is 0 Å². The molecule has 4 nitrogen and oxygen atoms in total. The van der Waals surface area contributed by atoms with E-state index in [9.17, 15) is 0 Å². The summed E-state index contributed by atoms with van der Waals surface area (Å²) in [5.41, 5.74) is 6.90. The van der Waals surface area contributed by atoms with Crippen molar-refractivity contribution in [2.24, 2.45) is 5.73 Å². The van der Waals surface area contributed by atoms with Gasteiger partial charge in [-0.25, -0.2) is 0 Å². The predicted molar refractivity (Wildman–Crippen MR) is 70.2 cm³/mol. The summed E-state index contributed by atoms with van der Waals surface area (Å²) in [5.74, 6) is 2.32. The smallest absolute Gasteiger partial charge is 0.231 e. The third kappa shape index (κ3) is 2.96. The zero-order chi connectivity index (χ0) is 13.0. The second-order valence-corrected chi connectivity index (χ2v) is 4.42. The van der Waals surface area contributed by atoms with E-state index in [-0.39, 0.29) is 12.8 Å². The lowest BCUT2D eigenvalue weighted by Gasteiger charge is -2.13. The number of hydrogen-bond acceptors (Lipinski definition) is 4. The van der Waals surface area contributed by atoms with Crippen molar-refractivity contribution in [2.75, 3.05) is 13.4 Å². The summed E-state index contributed by atoms with van der Waals surface area (Å²) in [6.07, 6.45) is 3.39. The minimum Gasteiger partial charge on any atom is -0.493 e. The maximum atomic E-state index is 5.85. The van der Waals surface area contributed by atoms with Crippen LogP contribution in [-0.4, -0.2) is 19.4 Å². The lowest BCUT2D eigenvalue weighted by atomic mass is 10.1. The molecular weight excluding hydrogens is 230 g/mol. The largest absolute Gasteiger partial charge is 0.493 e. The maximum absolute atomic E-state index is 5.85. The average molecular weight is 249 g/mol. The number of hydrogen-bond donors (Lipinski definition) is 1. The second kappa shape index (κ2) is 5.78. The van der Waals surface area contributed by atoms with Crippen molar-refractivity contribution in [1.82, 2.24) is 0 Å². The Morgan fingerprint density at radius 1 is 1.44 bits per heavy atom. The summed E-state index contributed by atoms with van der Waals surface area (Å²) in [4.78, 5) is 0. The Hall–Kier alpha value is -1.68. The molecule has 18 heavy (non-hydrogen) atoms. The van der Waals surface area contributed by atoms with Crippen molar-refractivity contribution >= 4 is 0 Å². The first-order valence-electron chi connectivity index (χ1n) is 6.12. The molecule has 0 bridgehead atoms. The SMILES string of the molecule is C=CCCOc1cc2c(cc1CC(C)N)OCO2. The Morgan fingerprint density at radius 2 is 2.17 bits per heavy atom. The number of fused-ring (bicyclic) bond motifs is 1. The monoisotopic (exact) mass is 249 g/mol. The average Bonchev–Trinajstić information content (AvgIpc) is 2.75. The molecule has 1 heterocycles. The maximum Gasteiger partial charge on any atom is 0.231 e. The zero-order valence-corrected chi connectivity index (χ0v) is 10.6. The van der Waals surface area contributed by atoms with Crippen molar-refractivity contribution in [2.45, 2.75) is 25.8 Å². The van der Waals surface area contributed by atoms with Gasteiger partial charge >= 0.3 is 0 Å². The Kier molecular flexibility index (Phi) is 4.10. The Labute approximate surface area is 107 Å². The Balaban J connectivity index is 2.20. The lowest BCUT2D eigenvalue weighted by Crippen LogP contribution is -2.18. The summed E-state index contributed by atoms with van der Waals surface area (Å²) in [6, 6.07) is 3.91. The molecule has 1 aromatic rings. The molecule has 1 aliphatic heterocycles. The van der Waals surface area contributed by atoms with Gasteiger partial charge in [-0.05, 0) is 31.4 Å². The summed E-state index contributed by atoms with van der Waals surface area (Å²) >= 11 is 0. The lowest BCUT2D eigenvalue weighted by molar-refractivity contribution is 0.173. The fourth-order valence-electron chi connectivity index (χ4n) is 1.86. The van der Waals surface area contributed by atoms with Crippen LogP contribution in [0, 0.1) is 0 Å². The molecule has 4 heteroatoms. The number of ether oxygens (including phenoxy) is 3. The molecule has 2 rings (SSSR count). The summed E-state index contributed by atoms with van der Waals surface area (Å²) in [5, 5.41) is 0. The highest BCUT2D eigenvalue weighted by Gasteiger charge is 2.18. The normalized spacial score (nSPS) is 14.3. The van der Waals surface area contributed by atoms with E-state index in [0.717, 1.165) is 35.7 Å². The first kappa shape index (κ1) is 12.8. The first-order chi connectivity index (χ1) is 8.70. The fraction of sp³-hybridized carbons (Fsp3) is 0.429. The highest BCUT2D eigenvalue weighted by atomic mass is 16.7. The number of rotatable bonds is 6. The molecule has 1 unspecified atom stereocenters. The van der Waals surface area contributed by atoms with Gasteiger partial charge in [0.05, 0.1) is 6.61 Å². The van der Waals surface area contributed by atoms with E-state index in [1.54, 1.807) is 0 Å². The minimum atomic E-state index is 0.0760. The third-order valence-electron chi connectivity index (χ3n) is 2.68. The molecular formula is C14H19NO3. The van der Waals surface area contributed by atoms with E-state index in [4.69, 9.17) is 19.9 Å². The quantitative estimate of drug-likeness (QED) is 0.620. The Morgan fingerprint density at radius 3 is 2.83 bits per heavy atom. The zero-order valence-electron chi connectivity index (χ0n) is 10.6. The summed E-state index contributed by atoms with van der Waals surface area (Å²) < 4.78 is 16.5. The molecule has 0 aromatic heterocycles. The molecule has 0 saturated heterocycles. The Bertz CT molecular complexity index is 429. The summed E-state index contributed by atoms with van der Waals surface area (Å²) in [6.45, 7) is 6.52. The van der Waals surface area contributed by atoms with Crippen LogP contribution in [0.2, 0.25) is 0 Å². The molecule has 0 fully saturated rings. The van der Waals surface area contributed by atoms with Crippen LogP contribution in [0.4, 0.5) is 0 Å². The molecule has 1 aromatic carbocycles. The molecule has 0 saturated carbocycles. The van der Waals surface area contributed by atoms with Crippen LogP contribution in [0.3, 0.4) is 0 Å². The molecule has 1 aliphatic rings. The minimum absolute atomic E-state index is 0.0760. The van der Waals surface area contributed by atoms with Crippen molar-refractivity contribution in [3.63, 3.8) is 0 Å². The van der Waals surface area contributed by atoms with Crippen molar-refractivity contribution in [3.05, 3.63) is 30.4 Å². The molecule has 1 atom stereocenters. The van der Waals surface area contributed by atoms with Gasteiger partial charge in [0.15, 0.2) is 11.5 Å². The van der Waals surface area contributed by atoms with E-state index in [2.05, 4.69) is 6.58 Å². The first-order valence-corrected chi connectivity index (χ1v) is 6.12. The fourth-order valence-corrected chi connectivity index (χ4v) is 1.86. The van der Waals surface area contributed by atoms with Gasteiger partial charge in [-0.15, -0.1) is 6.58 Å². The highest BCUT2D eigenvalue weighted by molar-refractivity contribution is 5.52. The van der Waals surface area contributed by atoms with Crippen LogP contribution in [0.15, 0.2) is 24.8 Å². The van der Waals surface area contributed by atoms with Crippen molar-refractivity contribution in [3.8, 4) is 17.2 Å². The molecule has 98 valence electrons. The van der Waals surface area contributed by atoms with Gasteiger partial charge < -0.3 is 19.9 Å². The van der Waals surface area contributed by atoms with Gasteiger partial charge in [-0.3, -0.25) is 0 Å². The topological polar surface area (TPSA) is 53.7 Å². The van der Waals surface area contributed by atoms with Crippen LogP contribution in [0.5, 0.6) is 17.2 Å². The van der Waals surface area contributed by atoms with Crippen molar-refractivity contribution in [1.29, 1.82) is 0 Å². The van der Waals surface area contributed by atoms with E-state index in [0.29, 0.717) is 6.61 Å². The van der Waals surface area contributed by atoms with Crippen LogP contribution in [-0.2, 0) is 6.42 Å². The molecule has 2 N–H and O–H groups in total. The van der Waals surface area contributed by atoms with Gasteiger partial charge in [-0.2, -0.15) is 0 Å². The molecule has 0 radical (unpaired) electrons. The highest BCUT2D eigenvalue weighted by Crippen LogP contribution is 2.38. The van der Waals surface area contributed by atoms with Gasteiger partial charge in [0, 0.05) is 12.1 Å². The van der Waals surface area contributed by atoms with E-state index in [1.807, 2.05) is 25.1 Å². The van der Waals surface area contributed by atoms with Crippen LogP contribution in [0.1, 0.15) is 18.9 Å².